The number of aliphatic hydroxyl groups is 1. The van der Waals surface area contributed by atoms with Gasteiger partial charge in [0.1, 0.15) is 0 Å². The summed E-state index contributed by atoms with van der Waals surface area (Å²) in [5.74, 6) is -0.0835. The Bertz CT molecular complexity index is 573. The van der Waals surface area contributed by atoms with Gasteiger partial charge in [0.05, 0.1) is 6.10 Å². The summed E-state index contributed by atoms with van der Waals surface area (Å²) in [4.78, 5) is 15.7. The van der Waals surface area contributed by atoms with Gasteiger partial charge in [-0.3, -0.25) is 9.78 Å². The summed E-state index contributed by atoms with van der Waals surface area (Å²) in [5.41, 5.74) is 1.80. The Morgan fingerprint density at radius 2 is 1.86 bits per heavy atom. The Labute approximate surface area is 128 Å². The highest BCUT2D eigenvalue weighted by Gasteiger charge is 2.09. The predicted molar refractivity (Wildman–Crippen MR) is 82.0 cm³/mol. The molecule has 0 aliphatic carbocycles. The van der Waals surface area contributed by atoms with Crippen molar-refractivity contribution in [2.45, 2.75) is 18.9 Å². The molecule has 2 aromatic rings. The molecule has 0 radical (unpaired) electrons. The second-order valence-electron chi connectivity index (χ2n) is 4.73. The van der Waals surface area contributed by atoms with Gasteiger partial charge in [0, 0.05) is 30.4 Å². The van der Waals surface area contributed by atoms with Crippen molar-refractivity contribution < 1.29 is 9.90 Å². The molecule has 1 atom stereocenters. The number of benzene rings is 1. The fourth-order valence-corrected chi connectivity index (χ4v) is 2.03. The zero-order chi connectivity index (χ0) is 15.1. The fourth-order valence-electron chi connectivity index (χ4n) is 1.91. The molecule has 0 aliphatic heterocycles. The molecule has 0 saturated carbocycles. The van der Waals surface area contributed by atoms with Crippen LogP contribution < -0.4 is 5.32 Å². The lowest BCUT2D eigenvalue weighted by atomic mass is 10.1. The number of aliphatic hydroxyl groups excluding tert-OH is 1. The highest BCUT2D eigenvalue weighted by Crippen LogP contribution is 2.15. The predicted octanol–water partition coefficient (Wildman–Crippen LogP) is 2.52. The highest BCUT2D eigenvalue weighted by molar-refractivity contribution is 6.30. The van der Waals surface area contributed by atoms with E-state index in [1.807, 2.05) is 12.1 Å². The lowest BCUT2D eigenvalue weighted by Crippen LogP contribution is -2.28. The average molecular weight is 305 g/mol. The van der Waals surface area contributed by atoms with Crippen molar-refractivity contribution in [2.24, 2.45) is 0 Å². The minimum absolute atomic E-state index is 0.0835. The largest absolute Gasteiger partial charge is 0.387 e. The summed E-state index contributed by atoms with van der Waals surface area (Å²) in [6, 6.07) is 10.7. The third-order valence-corrected chi connectivity index (χ3v) is 3.39. The summed E-state index contributed by atoms with van der Waals surface area (Å²) < 4.78 is 0. The monoisotopic (exact) mass is 304 g/mol. The van der Waals surface area contributed by atoms with Gasteiger partial charge in [0.25, 0.3) is 0 Å². The van der Waals surface area contributed by atoms with Crippen molar-refractivity contribution in [1.82, 2.24) is 10.3 Å². The molecule has 4 nitrogen and oxygen atoms in total. The molecule has 1 aromatic heterocycles. The van der Waals surface area contributed by atoms with Crippen LogP contribution in [-0.4, -0.2) is 22.5 Å². The number of hydrogen-bond donors (Lipinski definition) is 2. The molecule has 1 aromatic carbocycles. The van der Waals surface area contributed by atoms with Crippen LogP contribution in [0.5, 0.6) is 0 Å². The molecule has 0 saturated heterocycles. The zero-order valence-corrected chi connectivity index (χ0v) is 12.3. The van der Waals surface area contributed by atoms with E-state index in [0.717, 1.165) is 11.1 Å². The van der Waals surface area contributed by atoms with Crippen LogP contribution in [0.15, 0.2) is 48.8 Å². The van der Waals surface area contributed by atoms with E-state index in [1.54, 1.807) is 36.7 Å². The number of halogens is 1. The lowest BCUT2D eigenvalue weighted by molar-refractivity contribution is -0.121. The molecule has 110 valence electrons. The van der Waals surface area contributed by atoms with Crippen LogP contribution in [0.2, 0.25) is 5.02 Å². The van der Waals surface area contributed by atoms with Crippen LogP contribution in [0.3, 0.4) is 0 Å². The van der Waals surface area contributed by atoms with Crippen LogP contribution in [0.1, 0.15) is 23.7 Å². The maximum Gasteiger partial charge on any atom is 0.220 e. The third-order valence-electron chi connectivity index (χ3n) is 3.14. The molecule has 0 spiro atoms. The maximum atomic E-state index is 11.7. The number of pyridine rings is 1. The molecule has 0 bridgehead atoms. The second kappa shape index (κ2) is 7.76. The van der Waals surface area contributed by atoms with Gasteiger partial charge in [0.15, 0.2) is 0 Å². The Hall–Kier alpha value is -1.91. The Morgan fingerprint density at radius 1 is 1.19 bits per heavy atom. The van der Waals surface area contributed by atoms with E-state index in [4.69, 9.17) is 11.6 Å². The van der Waals surface area contributed by atoms with Gasteiger partial charge in [-0.2, -0.15) is 0 Å². The summed E-state index contributed by atoms with van der Waals surface area (Å²) in [7, 11) is 0. The average Bonchev–Trinajstić information content (AvgIpc) is 2.52. The number of nitrogens with one attached hydrogen (secondary N) is 1. The van der Waals surface area contributed by atoms with Gasteiger partial charge >= 0.3 is 0 Å². The highest BCUT2D eigenvalue weighted by atomic mass is 35.5. The number of hydrogen-bond acceptors (Lipinski definition) is 3. The molecule has 1 heterocycles. The topological polar surface area (TPSA) is 62.2 Å². The minimum atomic E-state index is -0.729. The number of aryl methyl sites for hydroxylation is 1. The summed E-state index contributed by atoms with van der Waals surface area (Å²) >= 11 is 5.79. The maximum absolute atomic E-state index is 11.7. The lowest BCUT2D eigenvalue weighted by Gasteiger charge is -2.12. The first-order valence-electron chi connectivity index (χ1n) is 6.74. The van der Waals surface area contributed by atoms with E-state index in [0.29, 0.717) is 17.9 Å². The van der Waals surface area contributed by atoms with E-state index in [-0.39, 0.29) is 12.5 Å². The van der Waals surface area contributed by atoms with Gasteiger partial charge in [-0.25, -0.2) is 0 Å². The van der Waals surface area contributed by atoms with Gasteiger partial charge in [-0.05, 0) is 41.8 Å². The SMILES string of the molecule is O=C(CCc1ccncc1)NCC(O)c1ccc(Cl)cc1. The smallest absolute Gasteiger partial charge is 0.220 e. The molecule has 2 rings (SSSR count). The molecule has 0 fully saturated rings. The van der Waals surface area contributed by atoms with Gasteiger partial charge < -0.3 is 10.4 Å². The summed E-state index contributed by atoms with van der Waals surface area (Å²) in [6.07, 6.45) is 3.73. The minimum Gasteiger partial charge on any atom is -0.387 e. The standard InChI is InChI=1S/C16H17ClN2O2/c17-14-4-2-13(3-5-14)15(20)11-19-16(21)6-1-12-7-9-18-10-8-12/h2-5,7-10,15,20H,1,6,11H2,(H,19,21). The summed E-state index contributed by atoms with van der Waals surface area (Å²) in [5, 5.41) is 13.3. The van der Waals surface area contributed by atoms with Crippen LogP contribution in [0, 0.1) is 0 Å². The number of aromatic nitrogens is 1. The van der Waals surface area contributed by atoms with Crippen LogP contribution >= 0.6 is 11.6 Å². The molecule has 1 unspecified atom stereocenters. The van der Waals surface area contributed by atoms with E-state index in [2.05, 4.69) is 10.3 Å². The number of carbonyl (C=O) groups is 1. The van der Waals surface area contributed by atoms with Crippen molar-refractivity contribution in [2.75, 3.05) is 6.54 Å². The zero-order valence-electron chi connectivity index (χ0n) is 11.5. The van der Waals surface area contributed by atoms with E-state index >= 15 is 0 Å². The second-order valence-corrected chi connectivity index (χ2v) is 5.16. The van der Waals surface area contributed by atoms with Crippen LogP contribution in [0.25, 0.3) is 0 Å². The third kappa shape index (κ3) is 5.17. The molecule has 0 aliphatic rings. The van der Waals surface area contributed by atoms with Crippen LogP contribution in [0.4, 0.5) is 0 Å². The van der Waals surface area contributed by atoms with Gasteiger partial charge in [-0.1, -0.05) is 23.7 Å². The Morgan fingerprint density at radius 3 is 2.52 bits per heavy atom. The van der Waals surface area contributed by atoms with Crippen molar-refractivity contribution in [3.05, 3.63) is 64.9 Å². The Balaban J connectivity index is 1.74. The molecule has 5 heteroatoms. The van der Waals surface area contributed by atoms with E-state index in [9.17, 15) is 9.90 Å². The quantitative estimate of drug-likeness (QED) is 0.862. The van der Waals surface area contributed by atoms with Crippen molar-refractivity contribution in [3.8, 4) is 0 Å². The van der Waals surface area contributed by atoms with E-state index < -0.39 is 6.10 Å². The van der Waals surface area contributed by atoms with Crippen molar-refractivity contribution in [1.29, 1.82) is 0 Å². The first-order valence-corrected chi connectivity index (χ1v) is 7.12. The normalized spacial score (nSPS) is 11.9. The first kappa shape index (κ1) is 15.5. The van der Waals surface area contributed by atoms with Gasteiger partial charge in [0.2, 0.25) is 5.91 Å². The first-order chi connectivity index (χ1) is 10.1. The molecule has 21 heavy (non-hydrogen) atoms. The number of amides is 1. The van der Waals surface area contributed by atoms with E-state index in [1.165, 1.54) is 0 Å². The number of rotatable bonds is 6. The Kier molecular flexibility index (Phi) is 5.72. The van der Waals surface area contributed by atoms with Crippen molar-refractivity contribution >= 4 is 17.5 Å². The molecule has 2 N–H and O–H groups in total. The van der Waals surface area contributed by atoms with Gasteiger partial charge in [-0.15, -0.1) is 0 Å². The fraction of sp³-hybridized carbons (Fsp3) is 0.250. The summed E-state index contributed by atoms with van der Waals surface area (Å²) in [6.45, 7) is 0.191. The number of carbonyl (C=O) groups excluding carboxylic acids is 1. The molecular weight excluding hydrogens is 288 g/mol. The number of nitrogens with zero attached hydrogens (tertiary/aromatic N) is 1. The molecule has 1 amide bonds. The van der Waals surface area contributed by atoms with Crippen molar-refractivity contribution in [3.63, 3.8) is 0 Å². The van der Waals surface area contributed by atoms with Crippen LogP contribution in [-0.2, 0) is 11.2 Å². The molecular formula is C16H17ClN2O2.